The normalized spacial score (nSPS) is 15.1. The molecule has 1 aliphatic carbocycles. The van der Waals surface area contributed by atoms with Crippen LogP contribution in [0.2, 0.25) is 0 Å². The first-order chi connectivity index (χ1) is 18.0. The van der Waals surface area contributed by atoms with E-state index < -0.39 is 41.9 Å². The van der Waals surface area contributed by atoms with Gasteiger partial charge in [-0.1, -0.05) is 0 Å². The van der Waals surface area contributed by atoms with Crippen LogP contribution in [0, 0.1) is 12.7 Å². The van der Waals surface area contributed by atoms with Crippen molar-refractivity contribution in [1.29, 1.82) is 0 Å². The Morgan fingerprint density at radius 3 is 2.29 bits per heavy atom. The van der Waals surface area contributed by atoms with Crippen LogP contribution in [0.25, 0.3) is 11.3 Å². The molecular formula is C28H28F4N2O4. The van der Waals surface area contributed by atoms with Crippen molar-refractivity contribution in [1.82, 2.24) is 4.98 Å². The van der Waals surface area contributed by atoms with E-state index in [4.69, 9.17) is 19.9 Å². The fourth-order valence-corrected chi connectivity index (χ4v) is 4.03. The summed E-state index contributed by atoms with van der Waals surface area (Å²) in [5, 5.41) is 0. The minimum absolute atomic E-state index is 0.0782. The zero-order valence-electron chi connectivity index (χ0n) is 21.2. The second-order valence-electron chi connectivity index (χ2n) is 9.29. The molecular weight excluding hydrogens is 504 g/mol. The van der Waals surface area contributed by atoms with Gasteiger partial charge in [0.15, 0.2) is 22.8 Å². The van der Waals surface area contributed by atoms with Gasteiger partial charge in [-0.15, -0.1) is 0 Å². The molecule has 0 bridgehead atoms. The van der Waals surface area contributed by atoms with Crippen LogP contribution in [0.15, 0.2) is 48.5 Å². The van der Waals surface area contributed by atoms with Crippen molar-refractivity contribution in [3.8, 4) is 28.5 Å². The number of aryl methyl sites for hydroxylation is 1. The fourth-order valence-electron chi connectivity index (χ4n) is 4.03. The lowest BCUT2D eigenvalue weighted by Gasteiger charge is -2.31. The summed E-state index contributed by atoms with van der Waals surface area (Å²) in [6.45, 7) is 1.53. The second kappa shape index (κ2) is 10.6. The number of methoxy groups -OCH3 is 2. The van der Waals surface area contributed by atoms with Crippen molar-refractivity contribution >= 4 is 5.78 Å². The zero-order valence-corrected chi connectivity index (χ0v) is 21.2. The summed E-state index contributed by atoms with van der Waals surface area (Å²) < 4.78 is 73.3. The number of alkyl halides is 3. The van der Waals surface area contributed by atoms with Gasteiger partial charge < -0.3 is 19.9 Å². The van der Waals surface area contributed by atoms with Gasteiger partial charge in [-0.2, -0.15) is 13.2 Å². The molecule has 38 heavy (non-hydrogen) atoms. The Morgan fingerprint density at radius 2 is 1.68 bits per heavy atom. The number of nitrogens with two attached hydrogens (primary N) is 1. The van der Waals surface area contributed by atoms with Crippen LogP contribution in [0.1, 0.15) is 47.3 Å². The van der Waals surface area contributed by atoms with Crippen LogP contribution in [0.5, 0.6) is 17.2 Å². The Balaban J connectivity index is 1.63. The minimum atomic E-state index is -4.93. The third kappa shape index (κ3) is 5.60. The number of hydrogen-bond acceptors (Lipinski definition) is 6. The number of ether oxygens (including phenoxy) is 3. The van der Waals surface area contributed by atoms with Crippen LogP contribution in [-0.4, -0.2) is 37.3 Å². The highest BCUT2D eigenvalue weighted by molar-refractivity contribution is 5.96. The van der Waals surface area contributed by atoms with Gasteiger partial charge in [0.1, 0.15) is 17.3 Å². The second-order valence-corrected chi connectivity index (χ2v) is 9.29. The molecule has 1 heterocycles. The van der Waals surface area contributed by atoms with Crippen molar-refractivity contribution in [3.05, 3.63) is 71.2 Å². The van der Waals surface area contributed by atoms with Crippen LogP contribution in [-0.2, 0) is 5.54 Å². The molecule has 1 atom stereocenters. The van der Waals surface area contributed by atoms with Crippen LogP contribution >= 0.6 is 0 Å². The molecule has 3 aromatic rings. The molecule has 10 heteroatoms. The molecule has 1 saturated carbocycles. The van der Waals surface area contributed by atoms with E-state index in [2.05, 4.69) is 4.98 Å². The highest BCUT2D eigenvalue weighted by atomic mass is 19.4. The van der Waals surface area contributed by atoms with E-state index in [1.165, 1.54) is 57.5 Å². The number of nitrogens with zero attached hydrogens (tertiary/aromatic N) is 1. The smallest absolute Gasteiger partial charge is 0.412 e. The zero-order chi connectivity index (χ0) is 27.7. The van der Waals surface area contributed by atoms with Crippen LogP contribution in [0.4, 0.5) is 17.6 Å². The third-order valence-electron chi connectivity index (χ3n) is 6.52. The van der Waals surface area contributed by atoms with Crippen molar-refractivity contribution < 1.29 is 36.6 Å². The molecule has 0 spiro atoms. The number of rotatable bonds is 10. The maximum Gasteiger partial charge on any atom is 0.412 e. The maximum atomic E-state index is 14.4. The minimum Gasteiger partial charge on any atom is -0.494 e. The number of benzene rings is 2. The monoisotopic (exact) mass is 532 g/mol. The lowest BCUT2D eigenvalue weighted by Crippen LogP contribution is -2.51. The van der Waals surface area contributed by atoms with Gasteiger partial charge in [0.05, 0.1) is 26.0 Å². The number of pyridine rings is 1. The van der Waals surface area contributed by atoms with Gasteiger partial charge in [0.2, 0.25) is 0 Å². The molecule has 2 aromatic carbocycles. The number of halogens is 4. The maximum absolute atomic E-state index is 14.4. The molecule has 1 unspecified atom stereocenters. The average molecular weight is 533 g/mol. The Labute approximate surface area is 217 Å². The molecule has 202 valence electrons. The standard InChI is InChI=1S/C28H28F4N2O4/c1-16-14-18(4-8-20(16)29)26-23(36-2)10-11-25(34-26)27(33,28(30,31)32)13-12-21(35)17-5-9-22(24(15-17)37-3)38-19-6-7-19/h4-5,8-11,14-15,19H,6-7,12-13,33H2,1-3H3. The quantitative estimate of drug-likeness (QED) is 0.250. The van der Waals surface area contributed by atoms with Gasteiger partial charge in [0.25, 0.3) is 0 Å². The number of Topliss-reactive ketones (excluding diaryl/α,β-unsaturated/α-hetero) is 1. The summed E-state index contributed by atoms with van der Waals surface area (Å²) in [6, 6.07) is 11.0. The Hall–Kier alpha value is -3.66. The van der Waals surface area contributed by atoms with E-state index in [-0.39, 0.29) is 23.1 Å². The Bertz CT molecular complexity index is 1340. The first-order valence-electron chi connectivity index (χ1n) is 12.0. The number of carbonyl (C=O) groups is 1. The summed E-state index contributed by atoms with van der Waals surface area (Å²) in [4.78, 5) is 17.1. The summed E-state index contributed by atoms with van der Waals surface area (Å²) >= 11 is 0. The molecule has 0 amide bonds. The van der Waals surface area contributed by atoms with Gasteiger partial charge in [0, 0.05) is 17.5 Å². The van der Waals surface area contributed by atoms with Crippen molar-refractivity contribution in [2.75, 3.05) is 14.2 Å². The first kappa shape index (κ1) is 27.4. The van der Waals surface area contributed by atoms with E-state index in [1.54, 1.807) is 6.07 Å². The van der Waals surface area contributed by atoms with E-state index in [1.807, 2.05) is 0 Å². The predicted molar refractivity (Wildman–Crippen MR) is 133 cm³/mol. The van der Waals surface area contributed by atoms with E-state index >= 15 is 0 Å². The summed E-state index contributed by atoms with van der Waals surface area (Å²) in [6.07, 6.45) is -4.20. The molecule has 2 N–H and O–H groups in total. The van der Waals surface area contributed by atoms with Gasteiger partial charge >= 0.3 is 6.18 Å². The van der Waals surface area contributed by atoms with E-state index in [0.717, 1.165) is 18.9 Å². The Morgan fingerprint density at radius 1 is 1.00 bits per heavy atom. The lowest BCUT2D eigenvalue weighted by molar-refractivity contribution is -0.192. The van der Waals surface area contributed by atoms with Crippen LogP contribution in [0.3, 0.4) is 0 Å². The number of ketones is 1. The van der Waals surface area contributed by atoms with E-state index in [9.17, 15) is 22.4 Å². The Kier molecular flexibility index (Phi) is 7.64. The topological polar surface area (TPSA) is 83.7 Å². The molecule has 0 aliphatic heterocycles. The number of aromatic nitrogens is 1. The summed E-state index contributed by atoms with van der Waals surface area (Å²) in [5.41, 5.74) is 3.47. The average Bonchev–Trinajstić information content (AvgIpc) is 3.72. The predicted octanol–water partition coefficient (Wildman–Crippen LogP) is 6.13. The largest absolute Gasteiger partial charge is 0.494 e. The van der Waals surface area contributed by atoms with Crippen molar-refractivity contribution in [2.45, 2.75) is 50.4 Å². The van der Waals surface area contributed by atoms with Gasteiger partial charge in [-0.3, -0.25) is 4.79 Å². The van der Waals surface area contributed by atoms with E-state index in [0.29, 0.717) is 22.6 Å². The first-order valence-corrected chi connectivity index (χ1v) is 12.0. The molecule has 1 aromatic heterocycles. The van der Waals surface area contributed by atoms with Crippen LogP contribution < -0.4 is 19.9 Å². The molecule has 4 rings (SSSR count). The summed E-state index contributed by atoms with van der Waals surface area (Å²) in [7, 11) is 2.78. The van der Waals surface area contributed by atoms with Gasteiger partial charge in [-0.25, -0.2) is 9.37 Å². The molecule has 0 saturated heterocycles. The highest BCUT2D eigenvalue weighted by Crippen LogP contribution is 2.42. The fraction of sp³-hybridized carbons (Fsp3) is 0.357. The summed E-state index contributed by atoms with van der Waals surface area (Å²) in [5.74, 6) is -0.00606. The third-order valence-corrected chi connectivity index (χ3v) is 6.52. The molecule has 6 nitrogen and oxygen atoms in total. The number of hydrogen-bond donors (Lipinski definition) is 1. The molecule has 0 radical (unpaired) electrons. The van der Waals surface area contributed by atoms with Crippen molar-refractivity contribution in [3.63, 3.8) is 0 Å². The highest BCUT2D eigenvalue weighted by Gasteiger charge is 2.54. The van der Waals surface area contributed by atoms with Crippen molar-refractivity contribution in [2.24, 2.45) is 5.73 Å². The SMILES string of the molecule is COc1cc(C(=O)CCC(N)(c2ccc(OC)c(-c3ccc(F)c(C)c3)n2)C(F)(F)F)ccc1OC1CC1. The number of carbonyl (C=O) groups excluding carboxylic acids is 1. The van der Waals surface area contributed by atoms with Gasteiger partial charge in [-0.05, 0) is 80.3 Å². The molecule has 1 aliphatic rings. The lowest BCUT2D eigenvalue weighted by atomic mass is 9.87. The molecule has 1 fully saturated rings.